The molecule has 1 saturated heterocycles. The molecule has 0 radical (unpaired) electrons. The average Bonchev–Trinajstić information content (AvgIpc) is 2.95. The quantitative estimate of drug-likeness (QED) is 0.606. The van der Waals surface area contributed by atoms with Crippen LogP contribution >= 0.6 is 0 Å². The van der Waals surface area contributed by atoms with E-state index in [9.17, 15) is 4.79 Å². The molecule has 0 spiro atoms. The number of fused-ring (bicyclic) bond motifs is 2. The molecule has 21 heavy (non-hydrogen) atoms. The van der Waals surface area contributed by atoms with Crippen molar-refractivity contribution in [3.63, 3.8) is 0 Å². The predicted molar refractivity (Wildman–Crippen MR) is 84.9 cm³/mol. The third-order valence-corrected chi connectivity index (χ3v) is 6.76. The Morgan fingerprint density at radius 1 is 1.24 bits per heavy atom. The van der Waals surface area contributed by atoms with Gasteiger partial charge < -0.3 is 0 Å². The standard InChI is InChI=1S/C17H21NO2Se/c1-17(2,3)20-16(19)18-11-12-9-10-14(18)15(12)21-13-7-5-4-6-8-13/h4-10,12,14-15H,11H2,1-3H3/t12-,14-,15?/m0/s1. The van der Waals surface area contributed by atoms with Crippen LogP contribution in [0.1, 0.15) is 20.8 Å². The maximum atomic E-state index is 12.3. The Morgan fingerprint density at radius 3 is 2.62 bits per heavy atom. The van der Waals surface area contributed by atoms with Crippen LogP contribution in [0.15, 0.2) is 42.5 Å². The summed E-state index contributed by atoms with van der Waals surface area (Å²) in [6.07, 6.45) is 4.29. The number of rotatable bonds is 2. The van der Waals surface area contributed by atoms with Gasteiger partial charge in [0, 0.05) is 0 Å². The van der Waals surface area contributed by atoms with Crippen LogP contribution in [0.4, 0.5) is 4.79 Å². The first kappa shape index (κ1) is 14.7. The summed E-state index contributed by atoms with van der Waals surface area (Å²) in [7, 11) is 0. The van der Waals surface area contributed by atoms with Gasteiger partial charge in [0.05, 0.1) is 0 Å². The minimum atomic E-state index is -0.428. The molecule has 3 nitrogen and oxygen atoms in total. The first-order valence-electron chi connectivity index (χ1n) is 7.34. The van der Waals surface area contributed by atoms with Gasteiger partial charge in [-0.2, -0.15) is 0 Å². The van der Waals surface area contributed by atoms with Crippen molar-refractivity contribution in [2.45, 2.75) is 37.2 Å². The Labute approximate surface area is 132 Å². The van der Waals surface area contributed by atoms with Crippen LogP contribution < -0.4 is 4.46 Å². The summed E-state index contributed by atoms with van der Waals surface area (Å²) in [6.45, 7) is 6.55. The van der Waals surface area contributed by atoms with E-state index in [4.69, 9.17) is 4.74 Å². The Balaban J connectivity index is 1.69. The number of hydrogen-bond donors (Lipinski definition) is 0. The first-order chi connectivity index (χ1) is 9.94. The van der Waals surface area contributed by atoms with Gasteiger partial charge in [0.1, 0.15) is 0 Å². The van der Waals surface area contributed by atoms with Crippen molar-refractivity contribution in [2.75, 3.05) is 6.54 Å². The van der Waals surface area contributed by atoms with Crippen molar-refractivity contribution >= 4 is 25.5 Å². The van der Waals surface area contributed by atoms with Gasteiger partial charge in [-0.1, -0.05) is 0 Å². The molecule has 1 unspecified atom stereocenters. The Bertz CT molecular complexity index is 550. The number of carbonyl (C=O) groups is 1. The second-order valence-corrected chi connectivity index (χ2v) is 9.19. The van der Waals surface area contributed by atoms with Gasteiger partial charge in [-0.3, -0.25) is 0 Å². The van der Waals surface area contributed by atoms with Crippen LogP contribution in [0.25, 0.3) is 0 Å². The summed E-state index contributed by atoms with van der Waals surface area (Å²) >= 11 is 0.386. The molecule has 4 heteroatoms. The van der Waals surface area contributed by atoms with Gasteiger partial charge in [-0.15, -0.1) is 0 Å². The normalized spacial score (nSPS) is 27.2. The molecule has 2 aliphatic rings. The molecular weight excluding hydrogens is 329 g/mol. The fraction of sp³-hybridized carbons (Fsp3) is 0.471. The van der Waals surface area contributed by atoms with Crippen molar-refractivity contribution in [3.05, 3.63) is 42.5 Å². The Kier molecular flexibility index (Phi) is 3.85. The van der Waals surface area contributed by atoms with E-state index in [2.05, 4.69) is 36.4 Å². The van der Waals surface area contributed by atoms with E-state index in [0.717, 1.165) is 6.54 Å². The molecule has 1 fully saturated rings. The number of ether oxygens (including phenoxy) is 1. The summed E-state index contributed by atoms with van der Waals surface area (Å²) in [5.74, 6) is 0.489. The summed E-state index contributed by atoms with van der Waals surface area (Å²) in [5, 5.41) is 0. The van der Waals surface area contributed by atoms with Crippen LogP contribution in [0.2, 0.25) is 4.82 Å². The number of likely N-dealkylation sites (tertiary alicyclic amines) is 1. The van der Waals surface area contributed by atoms with Crippen LogP contribution in [-0.2, 0) is 4.74 Å². The molecule has 2 bridgehead atoms. The van der Waals surface area contributed by atoms with Gasteiger partial charge in [-0.05, 0) is 0 Å². The van der Waals surface area contributed by atoms with Gasteiger partial charge >= 0.3 is 132 Å². The topological polar surface area (TPSA) is 29.5 Å². The number of benzene rings is 1. The van der Waals surface area contributed by atoms with Crippen LogP contribution in [0, 0.1) is 5.92 Å². The fourth-order valence-corrected chi connectivity index (χ4v) is 5.70. The van der Waals surface area contributed by atoms with Gasteiger partial charge in [0.15, 0.2) is 0 Å². The van der Waals surface area contributed by atoms with E-state index in [0.29, 0.717) is 25.7 Å². The average molecular weight is 350 g/mol. The molecule has 1 heterocycles. The summed E-state index contributed by atoms with van der Waals surface area (Å²) < 4.78 is 6.94. The van der Waals surface area contributed by atoms with Gasteiger partial charge in [-0.25, -0.2) is 0 Å². The van der Waals surface area contributed by atoms with E-state index in [1.807, 2.05) is 31.7 Å². The third kappa shape index (κ3) is 3.17. The first-order valence-corrected chi connectivity index (χ1v) is 9.18. The maximum absolute atomic E-state index is 12.3. The van der Waals surface area contributed by atoms with E-state index in [1.54, 1.807) is 0 Å². The van der Waals surface area contributed by atoms with Crippen LogP contribution in [0.3, 0.4) is 0 Å². The second kappa shape index (κ2) is 5.51. The fourth-order valence-electron chi connectivity index (χ4n) is 2.85. The van der Waals surface area contributed by atoms with Crippen molar-refractivity contribution < 1.29 is 9.53 Å². The van der Waals surface area contributed by atoms with Crippen molar-refractivity contribution in [1.82, 2.24) is 4.90 Å². The third-order valence-electron chi connectivity index (χ3n) is 3.72. The number of amides is 1. The number of carbonyl (C=O) groups excluding carboxylic acids is 1. The molecule has 3 atom stereocenters. The molecule has 1 aliphatic carbocycles. The summed E-state index contributed by atoms with van der Waals surface area (Å²) in [6, 6.07) is 10.8. The molecule has 1 aliphatic heterocycles. The molecule has 112 valence electrons. The monoisotopic (exact) mass is 351 g/mol. The van der Waals surface area contributed by atoms with Crippen LogP contribution in [-0.4, -0.2) is 44.1 Å². The zero-order chi connectivity index (χ0) is 15.0. The summed E-state index contributed by atoms with van der Waals surface area (Å²) in [4.78, 5) is 14.8. The zero-order valence-electron chi connectivity index (χ0n) is 12.7. The molecule has 1 aromatic carbocycles. The summed E-state index contributed by atoms with van der Waals surface area (Å²) in [5.41, 5.74) is -0.428. The molecule has 0 N–H and O–H groups in total. The number of hydrogen-bond acceptors (Lipinski definition) is 2. The molecule has 1 aromatic rings. The predicted octanol–water partition coefficient (Wildman–Crippen LogP) is 2.61. The van der Waals surface area contributed by atoms with E-state index < -0.39 is 5.60 Å². The molecule has 0 aromatic heterocycles. The van der Waals surface area contributed by atoms with Crippen molar-refractivity contribution in [1.29, 1.82) is 0 Å². The van der Waals surface area contributed by atoms with E-state index >= 15 is 0 Å². The Hall–Kier alpha value is -1.25. The Morgan fingerprint density at radius 2 is 1.95 bits per heavy atom. The van der Waals surface area contributed by atoms with E-state index in [1.165, 1.54) is 4.46 Å². The molecule has 3 rings (SSSR count). The van der Waals surface area contributed by atoms with E-state index in [-0.39, 0.29) is 12.1 Å². The van der Waals surface area contributed by atoms with Crippen LogP contribution in [0.5, 0.6) is 0 Å². The van der Waals surface area contributed by atoms with Crippen molar-refractivity contribution in [2.24, 2.45) is 5.92 Å². The number of nitrogens with zero attached hydrogens (tertiary/aromatic N) is 1. The molecule has 0 saturated carbocycles. The van der Waals surface area contributed by atoms with Gasteiger partial charge in [0.25, 0.3) is 0 Å². The van der Waals surface area contributed by atoms with Crippen molar-refractivity contribution in [3.8, 4) is 0 Å². The SMILES string of the molecule is CC(C)(C)OC(=O)N1C[C@@H]2C=C[C@H]1C2[Se]c1ccccc1. The zero-order valence-corrected chi connectivity index (χ0v) is 14.4. The minimum absolute atomic E-state index is 0.173. The molecule has 1 amide bonds. The second-order valence-electron chi connectivity index (χ2n) is 6.57. The molecular formula is C17H21NO2Se. The van der Waals surface area contributed by atoms with Gasteiger partial charge in [0.2, 0.25) is 0 Å².